The van der Waals surface area contributed by atoms with E-state index in [-0.39, 0.29) is 0 Å². The van der Waals surface area contributed by atoms with E-state index >= 15 is 0 Å². The van der Waals surface area contributed by atoms with Gasteiger partial charge in [-0.25, -0.2) is 0 Å². The van der Waals surface area contributed by atoms with E-state index < -0.39 is 12.0 Å². The highest BCUT2D eigenvalue weighted by Crippen LogP contribution is 2.23. The summed E-state index contributed by atoms with van der Waals surface area (Å²) in [5.41, 5.74) is 1.07. The van der Waals surface area contributed by atoms with E-state index in [1.165, 1.54) is 0 Å². The number of rotatable bonds is 10. The Labute approximate surface area is 118 Å². The maximum Gasteiger partial charge on any atom is 0.213 e. The summed E-state index contributed by atoms with van der Waals surface area (Å²) in [6, 6.07) is 0. The third-order valence-electron chi connectivity index (χ3n) is 2.68. The topological polar surface area (TPSA) is 40.0 Å². The molecule has 0 fully saturated rings. The van der Waals surface area contributed by atoms with Gasteiger partial charge in [0.15, 0.2) is 0 Å². The van der Waals surface area contributed by atoms with Gasteiger partial charge in [0.1, 0.15) is 0 Å². The largest absolute Gasteiger partial charge is 0.352 e. The van der Waals surface area contributed by atoms with E-state index in [0.717, 1.165) is 12.1 Å². The fourth-order valence-corrected chi connectivity index (χ4v) is 2.06. The van der Waals surface area contributed by atoms with Gasteiger partial charge >= 0.3 is 0 Å². The molecule has 0 amide bonds. The lowest BCUT2D eigenvalue weighted by atomic mass is 10.1. The summed E-state index contributed by atoms with van der Waals surface area (Å²) < 4.78 is 17.2. The van der Waals surface area contributed by atoms with Gasteiger partial charge in [0.2, 0.25) is 12.0 Å². The van der Waals surface area contributed by atoms with Crippen LogP contribution in [0.25, 0.3) is 0 Å². The zero-order valence-corrected chi connectivity index (χ0v) is 13.7. The van der Waals surface area contributed by atoms with Gasteiger partial charge in [0, 0.05) is 25.5 Å². The Bertz CT molecular complexity index is 258. The van der Waals surface area contributed by atoms with Crippen molar-refractivity contribution in [3.63, 3.8) is 0 Å². The average Bonchev–Trinajstić information content (AvgIpc) is 2.28. The van der Waals surface area contributed by atoms with Crippen LogP contribution in [0.1, 0.15) is 54.9 Å². The zero-order chi connectivity index (χ0) is 14.9. The van der Waals surface area contributed by atoms with Crippen molar-refractivity contribution in [3.05, 3.63) is 0 Å². The molecule has 1 atom stereocenters. The van der Waals surface area contributed by atoms with Crippen LogP contribution in [0.15, 0.2) is 4.99 Å². The summed E-state index contributed by atoms with van der Waals surface area (Å²) in [7, 11) is 0. The molecule has 0 radical (unpaired) electrons. The Kier molecular flexibility index (Phi) is 9.23. The molecule has 0 heterocycles. The van der Waals surface area contributed by atoms with Gasteiger partial charge < -0.3 is 14.2 Å². The molecule has 0 rings (SSSR count). The lowest BCUT2D eigenvalue weighted by Crippen LogP contribution is -2.46. The highest BCUT2D eigenvalue weighted by Gasteiger charge is 2.36. The van der Waals surface area contributed by atoms with Gasteiger partial charge in [-0.15, -0.1) is 0 Å². The summed E-state index contributed by atoms with van der Waals surface area (Å²) in [4.78, 5) is 4.66. The van der Waals surface area contributed by atoms with E-state index in [4.69, 9.17) is 14.2 Å². The van der Waals surface area contributed by atoms with E-state index in [1.54, 1.807) is 0 Å². The summed E-state index contributed by atoms with van der Waals surface area (Å²) in [5.74, 6) is -0.242. The molecule has 0 saturated heterocycles. The van der Waals surface area contributed by atoms with Gasteiger partial charge in [-0.1, -0.05) is 13.8 Å². The van der Waals surface area contributed by atoms with Gasteiger partial charge in [-0.2, -0.15) is 0 Å². The smallest absolute Gasteiger partial charge is 0.213 e. The van der Waals surface area contributed by atoms with E-state index in [1.807, 2.05) is 34.6 Å². The maximum absolute atomic E-state index is 5.74. The van der Waals surface area contributed by atoms with Crippen LogP contribution in [0.4, 0.5) is 0 Å². The summed E-state index contributed by atoms with van der Waals surface area (Å²) >= 11 is 0. The van der Waals surface area contributed by atoms with E-state index in [9.17, 15) is 0 Å². The van der Waals surface area contributed by atoms with Crippen molar-refractivity contribution < 1.29 is 14.2 Å². The second kappa shape index (κ2) is 9.45. The van der Waals surface area contributed by atoms with Crippen LogP contribution in [0.3, 0.4) is 0 Å². The molecule has 0 aromatic heterocycles. The zero-order valence-electron chi connectivity index (χ0n) is 13.7. The van der Waals surface area contributed by atoms with Crippen molar-refractivity contribution in [2.75, 3.05) is 19.8 Å². The summed E-state index contributed by atoms with van der Waals surface area (Å²) in [5, 5.41) is 0. The van der Waals surface area contributed by atoms with Crippen molar-refractivity contribution in [2.24, 2.45) is 10.9 Å². The lowest BCUT2D eigenvalue weighted by molar-refractivity contribution is -0.275. The van der Waals surface area contributed by atoms with Crippen LogP contribution in [0.2, 0.25) is 0 Å². The minimum Gasteiger partial charge on any atom is -0.352 e. The van der Waals surface area contributed by atoms with Crippen LogP contribution in [0.5, 0.6) is 0 Å². The Hall–Kier alpha value is -0.450. The first kappa shape index (κ1) is 18.6. The molecule has 4 heteroatoms. The SMILES string of the molecule is CCOC(/N=C(\C)CC(C)C)C(C)(OCC)OCC. The average molecular weight is 273 g/mol. The predicted octanol–water partition coefficient (Wildman–Crippen LogP) is 3.65. The standard InChI is InChI=1S/C15H31NO3/c1-8-17-14(16-13(6)11-12(4)5)15(7,18-9-2)19-10-3/h12,14H,8-11H2,1-7H3/b16-13+. The van der Waals surface area contributed by atoms with Crippen LogP contribution in [0, 0.1) is 5.92 Å². The molecule has 0 aliphatic rings. The quantitative estimate of drug-likeness (QED) is 0.450. The first-order chi connectivity index (χ1) is 8.89. The van der Waals surface area contributed by atoms with Gasteiger partial charge in [0.25, 0.3) is 0 Å². The Balaban J connectivity index is 5.02. The third-order valence-corrected chi connectivity index (χ3v) is 2.68. The Morgan fingerprint density at radius 2 is 1.58 bits per heavy atom. The van der Waals surface area contributed by atoms with Crippen molar-refractivity contribution in [1.82, 2.24) is 0 Å². The third kappa shape index (κ3) is 7.04. The highest BCUT2D eigenvalue weighted by atomic mass is 16.7. The first-order valence-electron chi connectivity index (χ1n) is 7.32. The molecular formula is C15H31NO3. The normalized spacial score (nSPS) is 15.1. The van der Waals surface area contributed by atoms with Crippen LogP contribution in [-0.4, -0.2) is 37.5 Å². The second-order valence-corrected chi connectivity index (χ2v) is 5.15. The molecule has 0 saturated carbocycles. The van der Waals surface area contributed by atoms with Crippen molar-refractivity contribution in [3.8, 4) is 0 Å². The molecule has 0 aliphatic carbocycles. The van der Waals surface area contributed by atoms with Gasteiger partial charge in [-0.3, -0.25) is 4.99 Å². The maximum atomic E-state index is 5.74. The molecule has 0 spiro atoms. The molecule has 0 aromatic rings. The molecule has 0 N–H and O–H groups in total. The molecule has 4 nitrogen and oxygen atoms in total. The minimum atomic E-state index is -0.822. The van der Waals surface area contributed by atoms with Crippen molar-refractivity contribution in [2.45, 2.75) is 66.9 Å². The molecule has 1 unspecified atom stereocenters. The highest BCUT2D eigenvalue weighted by molar-refractivity contribution is 5.82. The molecule has 19 heavy (non-hydrogen) atoms. The van der Waals surface area contributed by atoms with Gasteiger partial charge in [-0.05, 0) is 47.0 Å². The molecule has 0 aliphatic heterocycles. The monoisotopic (exact) mass is 273 g/mol. The predicted molar refractivity (Wildman–Crippen MR) is 79.6 cm³/mol. The second-order valence-electron chi connectivity index (χ2n) is 5.15. The Morgan fingerprint density at radius 3 is 1.95 bits per heavy atom. The molecular weight excluding hydrogens is 242 g/mol. The van der Waals surface area contributed by atoms with Crippen molar-refractivity contribution >= 4 is 5.71 Å². The summed E-state index contributed by atoms with van der Waals surface area (Å²) in [6.45, 7) is 15.9. The lowest BCUT2D eigenvalue weighted by Gasteiger charge is -2.34. The summed E-state index contributed by atoms with van der Waals surface area (Å²) in [6.07, 6.45) is 0.536. The fourth-order valence-electron chi connectivity index (χ4n) is 2.06. The number of aliphatic imine (C=N–C) groups is 1. The number of hydrogen-bond acceptors (Lipinski definition) is 4. The Morgan fingerprint density at radius 1 is 1.05 bits per heavy atom. The number of nitrogens with zero attached hydrogens (tertiary/aromatic N) is 1. The van der Waals surface area contributed by atoms with E-state index in [0.29, 0.717) is 25.7 Å². The molecule has 0 aromatic carbocycles. The van der Waals surface area contributed by atoms with Crippen LogP contribution in [-0.2, 0) is 14.2 Å². The molecule has 114 valence electrons. The van der Waals surface area contributed by atoms with Crippen LogP contribution >= 0.6 is 0 Å². The van der Waals surface area contributed by atoms with Gasteiger partial charge in [0.05, 0.1) is 0 Å². The van der Waals surface area contributed by atoms with Crippen LogP contribution < -0.4 is 0 Å². The number of ether oxygens (including phenoxy) is 3. The van der Waals surface area contributed by atoms with Crippen molar-refractivity contribution in [1.29, 1.82) is 0 Å². The molecule has 0 bridgehead atoms. The first-order valence-corrected chi connectivity index (χ1v) is 7.32. The number of hydrogen-bond donors (Lipinski definition) is 0. The van der Waals surface area contributed by atoms with E-state index in [2.05, 4.69) is 18.8 Å². The fraction of sp³-hybridized carbons (Fsp3) is 0.933. The minimum absolute atomic E-state index is 0.420.